The molecule has 0 aliphatic carbocycles. The van der Waals surface area contributed by atoms with Crippen molar-refractivity contribution in [3.63, 3.8) is 0 Å². The third-order valence-corrected chi connectivity index (χ3v) is 10.0. The molecule has 2 heterocycles. The third kappa shape index (κ3) is 12.1. The number of hydrogen-bond donors (Lipinski definition) is 3. The first kappa shape index (κ1) is 41.0. The summed E-state index contributed by atoms with van der Waals surface area (Å²) in [5.41, 5.74) is 1.05. The third-order valence-electron chi connectivity index (χ3n) is 9.10. The molecule has 1 fully saturated rings. The van der Waals surface area contributed by atoms with Crippen LogP contribution in [-0.4, -0.2) is 82.1 Å². The van der Waals surface area contributed by atoms with E-state index in [1.54, 1.807) is 19.4 Å². The number of carboxylic acids is 1. The van der Waals surface area contributed by atoms with Gasteiger partial charge in [0.2, 0.25) is 0 Å². The second kappa shape index (κ2) is 19.8. The molecule has 1 saturated heterocycles. The van der Waals surface area contributed by atoms with Crippen LogP contribution in [0.4, 0.5) is 0 Å². The van der Waals surface area contributed by atoms with Crippen LogP contribution in [0, 0.1) is 30.1 Å². The van der Waals surface area contributed by atoms with E-state index in [4.69, 9.17) is 11.2 Å². The van der Waals surface area contributed by atoms with Crippen LogP contribution < -0.4 is 10.6 Å². The first-order valence-electron chi connectivity index (χ1n) is 17.5. The molecular weight excluding hydrogens is 671 g/mol. The minimum Gasteiger partial charge on any atom is -0.481 e. The highest BCUT2D eigenvalue weighted by Gasteiger charge is 2.35. The van der Waals surface area contributed by atoms with Crippen molar-refractivity contribution in [1.29, 1.82) is 0 Å². The lowest BCUT2D eigenvalue weighted by molar-refractivity contribution is -0.148. The number of carboxylic acid groups (broad SMARTS) is 1. The monoisotopic (exact) mass is 721 g/mol. The smallest absolute Gasteiger partial charge is 0.306 e. The summed E-state index contributed by atoms with van der Waals surface area (Å²) in [7, 11) is 1.62. The lowest BCUT2D eigenvalue weighted by atomic mass is 9.94. The Morgan fingerprint density at radius 1 is 1.16 bits per heavy atom. The van der Waals surface area contributed by atoms with Gasteiger partial charge < -0.3 is 25.4 Å². The normalized spacial score (nSPS) is 17.7. The Labute approximate surface area is 304 Å². The van der Waals surface area contributed by atoms with Gasteiger partial charge in [-0.1, -0.05) is 70.4 Å². The summed E-state index contributed by atoms with van der Waals surface area (Å²) in [5, 5.41) is 17.6. The van der Waals surface area contributed by atoms with Gasteiger partial charge in [-0.15, -0.1) is 17.8 Å². The molecule has 2 aromatic rings. The molecule has 0 radical (unpaired) electrons. The fraction of sp³-hybridized carbons (Fsp3) is 0.553. The molecule has 1 unspecified atom stereocenters. The number of carbonyl (C=O) groups excluding carboxylic acids is 4. The van der Waals surface area contributed by atoms with Crippen LogP contribution >= 0.6 is 11.3 Å². The Bertz CT molecular complexity index is 1580. The van der Waals surface area contributed by atoms with Gasteiger partial charge in [0.05, 0.1) is 17.9 Å². The Kier molecular flexibility index (Phi) is 16.0. The molecule has 0 spiro atoms. The quantitative estimate of drug-likeness (QED) is 0.118. The number of esters is 1. The molecular formula is C38H51N5O7S. The van der Waals surface area contributed by atoms with Crippen LogP contribution in [0.25, 0.3) is 0 Å². The predicted octanol–water partition coefficient (Wildman–Crippen LogP) is 4.84. The maximum absolute atomic E-state index is 14.1. The maximum Gasteiger partial charge on any atom is 0.306 e. The zero-order valence-electron chi connectivity index (χ0n) is 30.4. The molecule has 13 heteroatoms. The fourth-order valence-corrected chi connectivity index (χ4v) is 7.01. The number of amides is 3. The number of hydrogen-bond acceptors (Lipinski definition) is 9. The number of carbonyl (C=O) groups is 5. The van der Waals surface area contributed by atoms with Crippen molar-refractivity contribution in [2.75, 3.05) is 13.6 Å². The summed E-state index contributed by atoms with van der Waals surface area (Å²) in [6.07, 6.45) is 8.61. The molecule has 1 aromatic heterocycles. The van der Waals surface area contributed by atoms with Gasteiger partial charge in [-0.3, -0.25) is 24.0 Å². The summed E-state index contributed by atoms with van der Waals surface area (Å²) in [4.78, 5) is 74.9. The van der Waals surface area contributed by atoms with E-state index >= 15 is 0 Å². The number of nitrogens with one attached hydrogen (secondary N) is 2. The van der Waals surface area contributed by atoms with Gasteiger partial charge in [0, 0.05) is 37.9 Å². The number of benzene rings is 1. The standard InChI is InChI=1S/C38H51N5O7S/c1-8-27(9-2)33(42-34(45)29-17-13-14-18-39-29)37(47)43(7)31(23(3)4)21-32(50-25(6)44)36-41-30(22-51-36)35(46)40-28(19-24(5)38(48)49)20-26-15-11-10-12-16-26/h1,10-12,15-16,22-24,27-29,31-32,39H,9,13-14,17-21H2,2-7H3,(H,40,46)(H,48,49)/t24-,27-,28+,29?,31+,32+/m0/s1. The summed E-state index contributed by atoms with van der Waals surface area (Å²) in [6.45, 7) is 9.26. The average molecular weight is 722 g/mol. The van der Waals surface area contributed by atoms with Gasteiger partial charge in [0.25, 0.3) is 17.7 Å². The molecule has 3 rings (SSSR count). The van der Waals surface area contributed by atoms with E-state index in [-0.39, 0.29) is 30.2 Å². The van der Waals surface area contributed by atoms with Crippen LogP contribution in [0.15, 0.2) is 40.7 Å². The van der Waals surface area contributed by atoms with Crippen molar-refractivity contribution in [3.8, 4) is 12.3 Å². The zero-order valence-corrected chi connectivity index (χ0v) is 31.2. The van der Waals surface area contributed by atoms with Gasteiger partial charge in [0.1, 0.15) is 16.4 Å². The van der Waals surface area contributed by atoms with Crippen LogP contribution in [0.3, 0.4) is 0 Å². The predicted molar refractivity (Wildman–Crippen MR) is 196 cm³/mol. The lowest BCUT2D eigenvalue weighted by Crippen LogP contribution is -2.47. The van der Waals surface area contributed by atoms with Crippen LogP contribution in [-0.2, 0) is 30.3 Å². The van der Waals surface area contributed by atoms with Crippen molar-refractivity contribution >= 4 is 46.7 Å². The number of thiazole rings is 1. The summed E-state index contributed by atoms with van der Waals surface area (Å²) in [5.74, 6) is -1.77. The van der Waals surface area contributed by atoms with Crippen LogP contribution in [0.2, 0.25) is 0 Å². The van der Waals surface area contributed by atoms with Crippen LogP contribution in [0.1, 0.15) is 100 Å². The largest absolute Gasteiger partial charge is 0.481 e. The number of aliphatic imine (C=N–C) groups is 1. The minimum absolute atomic E-state index is 0.00467. The Morgan fingerprint density at radius 3 is 2.43 bits per heavy atom. The number of piperidine rings is 1. The Balaban J connectivity index is 1.86. The van der Waals surface area contributed by atoms with Gasteiger partial charge in [0.15, 0.2) is 6.10 Å². The highest BCUT2D eigenvalue weighted by atomic mass is 32.1. The molecule has 1 aliphatic rings. The number of aromatic nitrogens is 1. The van der Waals surface area contributed by atoms with E-state index in [2.05, 4.69) is 26.5 Å². The van der Waals surface area contributed by atoms with Crippen LogP contribution in [0.5, 0.6) is 0 Å². The van der Waals surface area contributed by atoms with E-state index in [1.165, 1.54) is 11.8 Å². The molecule has 3 N–H and O–H groups in total. The van der Waals surface area contributed by atoms with Gasteiger partial charge in [-0.2, -0.15) is 0 Å². The zero-order chi connectivity index (χ0) is 37.7. The number of nitrogens with zero attached hydrogens (tertiary/aromatic N) is 3. The minimum atomic E-state index is -0.957. The highest BCUT2D eigenvalue weighted by Crippen LogP contribution is 2.31. The first-order chi connectivity index (χ1) is 24.2. The van der Waals surface area contributed by atoms with Gasteiger partial charge >= 0.3 is 11.9 Å². The number of ether oxygens (including phenoxy) is 1. The van der Waals surface area contributed by atoms with E-state index in [0.29, 0.717) is 30.8 Å². The molecule has 1 aromatic carbocycles. The molecule has 51 heavy (non-hydrogen) atoms. The van der Waals surface area contributed by atoms with E-state index in [9.17, 15) is 29.1 Å². The van der Waals surface area contributed by atoms with Crippen molar-refractivity contribution < 1.29 is 33.8 Å². The molecule has 0 bridgehead atoms. The van der Waals surface area contributed by atoms with Crippen molar-refractivity contribution in [2.24, 2.45) is 22.7 Å². The van der Waals surface area contributed by atoms with Gasteiger partial charge in [-0.05, 0) is 50.1 Å². The van der Waals surface area contributed by atoms with E-state index in [1.807, 2.05) is 51.1 Å². The highest BCUT2D eigenvalue weighted by molar-refractivity contribution is 7.09. The lowest BCUT2D eigenvalue weighted by Gasteiger charge is -2.34. The number of rotatable bonds is 17. The second-order valence-electron chi connectivity index (χ2n) is 13.4. The number of terminal acetylenes is 1. The summed E-state index contributed by atoms with van der Waals surface area (Å²) >= 11 is 1.15. The topological polar surface area (TPSA) is 167 Å². The fourth-order valence-electron chi connectivity index (χ4n) is 6.17. The maximum atomic E-state index is 14.1. The van der Waals surface area contributed by atoms with Gasteiger partial charge in [-0.25, -0.2) is 9.98 Å². The second-order valence-corrected chi connectivity index (χ2v) is 14.3. The van der Waals surface area contributed by atoms with Crippen molar-refractivity contribution in [1.82, 2.24) is 20.5 Å². The first-order valence-corrected chi connectivity index (χ1v) is 18.4. The molecule has 0 saturated carbocycles. The Hall–Kier alpha value is -4.41. The van der Waals surface area contributed by atoms with E-state index < -0.39 is 65.7 Å². The summed E-state index contributed by atoms with van der Waals surface area (Å²) < 4.78 is 5.72. The van der Waals surface area contributed by atoms with Crippen molar-refractivity contribution in [3.05, 3.63) is 52.0 Å². The molecule has 6 atom stereocenters. The number of aliphatic carboxylic acids is 1. The molecule has 12 nitrogen and oxygen atoms in total. The molecule has 3 amide bonds. The Morgan fingerprint density at radius 2 is 1.86 bits per heavy atom. The summed E-state index contributed by atoms with van der Waals surface area (Å²) in [6, 6.07) is 8.03. The van der Waals surface area contributed by atoms with E-state index in [0.717, 1.165) is 29.7 Å². The molecule has 1 aliphatic heterocycles. The SMILES string of the molecule is C#C[C@@H](CC)C(=NC(=O)C1CCCCN1)C(=O)N(C)[C@H](C[C@@H](OC(C)=O)c1nc(C(=O)N[C@@H](Cc2ccccc2)C[C@H](C)C(=O)O)cs1)C(C)C. The average Bonchev–Trinajstić information content (AvgIpc) is 3.60. The van der Waals surface area contributed by atoms with Crippen molar-refractivity contribution in [2.45, 2.75) is 104 Å². The molecule has 276 valence electrons.